The molecule has 7 nitrogen and oxygen atoms in total. The average Bonchev–Trinajstić information content (AvgIpc) is 2.88. The van der Waals surface area contributed by atoms with Crippen LogP contribution in [-0.4, -0.2) is 42.4 Å². The fourth-order valence-corrected chi connectivity index (χ4v) is 2.54. The molecule has 0 bridgehead atoms. The zero-order valence-electron chi connectivity index (χ0n) is 13.1. The Labute approximate surface area is 134 Å². The van der Waals surface area contributed by atoms with Gasteiger partial charge in [-0.1, -0.05) is 17.7 Å². The van der Waals surface area contributed by atoms with Crippen molar-refractivity contribution in [2.45, 2.75) is 13.8 Å². The maximum absolute atomic E-state index is 12.6. The molecular weight excluding hydrogens is 296 g/mol. The van der Waals surface area contributed by atoms with Crippen LogP contribution in [0.25, 0.3) is 0 Å². The Morgan fingerprint density at radius 2 is 1.96 bits per heavy atom. The van der Waals surface area contributed by atoms with Gasteiger partial charge in [0.25, 0.3) is 5.91 Å². The molecule has 3 rings (SSSR count). The summed E-state index contributed by atoms with van der Waals surface area (Å²) in [5.74, 6) is -0.563. The molecule has 0 aliphatic carbocycles. The Balaban J connectivity index is 1.85. The number of hydrogen-bond donors (Lipinski definition) is 1. The van der Waals surface area contributed by atoms with Crippen LogP contribution < -0.4 is 10.3 Å². The Hall–Kier alpha value is -2.83. The van der Waals surface area contributed by atoms with Gasteiger partial charge in [0.05, 0.1) is 6.61 Å². The first-order valence-corrected chi connectivity index (χ1v) is 7.48. The minimum absolute atomic E-state index is 0.0450. The van der Waals surface area contributed by atoms with Crippen molar-refractivity contribution in [1.82, 2.24) is 10.3 Å². The van der Waals surface area contributed by atoms with Gasteiger partial charge in [0.15, 0.2) is 0 Å². The number of esters is 1. The molecule has 0 aromatic heterocycles. The fraction of sp³-hybridized carbons (Fsp3) is 0.312. The second-order valence-corrected chi connectivity index (χ2v) is 5.26. The quantitative estimate of drug-likeness (QED) is 0.664. The predicted molar refractivity (Wildman–Crippen MR) is 85.5 cm³/mol. The highest BCUT2D eigenvalue weighted by Gasteiger charge is 2.37. The van der Waals surface area contributed by atoms with Crippen molar-refractivity contribution in [3.63, 3.8) is 0 Å². The van der Waals surface area contributed by atoms with Gasteiger partial charge in [-0.25, -0.2) is 4.79 Å². The SMILES string of the molecule is CCOC(=O)C1=CNN=C2N(CCN2c2ccc(C)cc2)C1=O. The van der Waals surface area contributed by atoms with Crippen molar-refractivity contribution < 1.29 is 14.3 Å². The molecule has 1 N–H and O–H groups in total. The van der Waals surface area contributed by atoms with Crippen molar-refractivity contribution in [2.24, 2.45) is 5.10 Å². The van der Waals surface area contributed by atoms with Crippen LogP contribution in [0.1, 0.15) is 12.5 Å². The minimum Gasteiger partial charge on any atom is -0.462 e. The third kappa shape index (κ3) is 2.77. The zero-order valence-corrected chi connectivity index (χ0v) is 13.1. The van der Waals surface area contributed by atoms with Crippen molar-refractivity contribution in [1.29, 1.82) is 0 Å². The molecule has 2 aliphatic rings. The number of anilines is 1. The first kappa shape index (κ1) is 15.1. The number of amides is 1. The molecule has 2 heterocycles. The smallest absolute Gasteiger partial charge is 0.345 e. The van der Waals surface area contributed by atoms with E-state index in [0.717, 1.165) is 11.3 Å². The molecule has 1 aromatic rings. The number of benzene rings is 1. The number of carbonyl (C=O) groups excluding carboxylic acids is 2. The Morgan fingerprint density at radius 3 is 2.65 bits per heavy atom. The molecule has 1 fully saturated rings. The minimum atomic E-state index is -0.643. The lowest BCUT2D eigenvalue weighted by atomic mass is 10.2. The van der Waals surface area contributed by atoms with Gasteiger partial charge in [-0.3, -0.25) is 15.1 Å². The summed E-state index contributed by atoms with van der Waals surface area (Å²) in [5, 5.41) is 4.22. The van der Waals surface area contributed by atoms with Crippen LogP contribution in [-0.2, 0) is 14.3 Å². The number of nitrogens with zero attached hydrogens (tertiary/aromatic N) is 3. The molecule has 23 heavy (non-hydrogen) atoms. The maximum Gasteiger partial charge on any atom is 0.345 e. The lowest BCUT2D eigenvalue weighted by molar-refractivity contribution is -0.141. The molecule has 2 aliphatic heterocycles. The molecule has 1 amide bonds. The van der Waals surface area contributed by atoms with Crippen LogP contribution in [0, 0.1) is 6.92 Å². The number of guanidine groups is 1. The second kappa shape index (κ2) is 6.12. The first-order valence-electron chi connectivity index (χ1n) is 7.48. The van der Waals surface area contributed by atoms with Crippen LogP contribution in [0.15, 0.2) is 41.1 Å². The summed E-state index contributed by atoms with van der Waals surface area (Å²) in [6.07, 6.45) is 1.29. The van der Waals surface area contributed by atoms with E-state index in [1.165, 1.54) is 11.1 Å². The number of aryl methyl sites for hydroxylation is 1. The molecule has 0 spiro atoms. The first-order chi connectivity index (χ1) is 11.1. The second-order valence-electron chi connectivity index (χ2n) is 5.26. The van der Waals surface area contributed by atoms with E-state index >= 15 is 0 Å². The topological polar surface area (TPSA) is 74.2 Å². The molecule has 1 aromatic carbocycles. The number of nitrogens with one attached hydrogen (secondary N) is 1. The summed E-state index contributed by atoms with van der Waals surface area (Å²) in [7, 11) is 0. The molecule has 0 atom stereocenters. The summed E-state index contributed by atoms with van der Waals surface area (Å²) in [5.41, 5.74) is 4.74. The molecule has 0 unspecified atom stereocenters. The van der Waals surface area contributed by atoms with Gasteiger partial charge < -0.3 is 9.64 Å². The number of rotatable bonds is 3. The molecular formula is C16H18N4O3. The highest BCUT2D eigenvalue weighted by Crippen LogP contribution is 2.23. The third-order valence-corrected chi connectivity index (χ3v) is 3.72. The van der Waals surface area contributed by atoms with E-state index in [4.69, 9.17) is 4.74 Å². The largest absolute Gasteiger partial charge is 0.462 e. The van der Waals surface area contributed by atoms with Gasteiger partial charge in [0, 0.05) is 25.0 Å². The Morgan fingerprint density at radius 1 is 1.26 bits per heavy atom. The van der Waals surface area contributed by atoms with E-state index in [9.17, 15) is 9.59 Å². The van der Waals surface area contributed by atoms with Gasteiger partial charge in [0.2, 0.25) is 5.96 Å². The molecule has 0 saturated carbocycles. The summed E-state index contributed by atoms with van der Waals surface area (Å²) >= 11 is 0. The van der Waals surface area contributed by atoms with Crippen LogP contribution in [0.2, 0.25) is 0 Å². The van der Waals surface area contributed by atoms with Crippen molar-refractivity contribution in [3.05, 3.63) is 41.6 Å². The van der Waals surface area contributed by atoms with E-state index in [1.807, 2.05) is 36.1 Å². The molecule has 1 saturated heterocycles. The highest BCUT2D eigenvalue weighted by atomic mass is 16.5. The number of hydrogen-bond acceptors (Lipinski definition) is 6. The van der Waals surface area contributed by atoms with Crippen molar-refractivity contribution >= 4 is 23.5 Å². The Kier molecular flexibility index (Phi) is 4.01. The van der Waals surface area contributed by atoms with Crippen LogP contribution >= 0.6 is 0 Å². The number of carbonyl (C=O) groups is 2. The number of hydrazone groups is 1. The summed E-state index contributed by atoms with van der Waals surface area (Å²) < 4.78 is 4.92. The third-order valence-electron chi connectivity index (χ3n) is 3.72. The van der Waals surface area contributed by atoms with E-state index in [1.54, 1.807) is 6.92 Å². The van der Waals surface area contributed by atoms with Gasteiger partial charge in [-0.05, 0) is 26.0 Å². The molecule has 120 valence electrons. The van der Waals surface area contributed by atoms with Gasteiger partial charge in [-0.15, -0.1) is 5.10 Å². The predicted octanol–water partition coefficient (Wildman–Crippen LogP) is 0.965. The average molecular weight is 314 g/mol. The Bertz CT molecular complexity index is 694. The normalized spacial score (nSPS) is 17.0. The van der Waals surface area contributed by atoms with Crippen LogP contribution in [0.3, 0.4) is 0 Å². The lowest BCUT2D eigenvalue weighted by Crippen LogP contribution is -2.39. The van der Waals surface area contributed by atoms with E-state index in [2.05, 4.69) is 10.5 Å². The summed E-state index contributed by atoms with van der Waals surface area (Å²) in [6.45, 7) is 5.01. The number of ether oxygens (including phenoxy) is 1. The highest BCUT2D eigenvalue weighted by molar-refractivity contribution is 6.22. The van der Waals surface area contributed by atoms with Crippen LogP contribution in [0.4, 0.5) is 5.69 Å². The van der Waals surface area contributed by atoms with Gasteiger partial charge in [-0.2, -0.15) is 0 Å². The van der Waals surface area contributed by atoms with Crippen molar-refractivity contribution in [3.8, 4) is 0 Å². The molecule has 7 heteroatoms. The summed E-state index contributed by atoms with van der Waals surface area (Å²) in [6, 6.07) is 7.98. The van der Waals surface area contributed by atoms with Gasteiger partial charge >= 0.3 is 5.97 Å². The summed E-state index contributed by atoms with van der Waals surface area (Å²) in [4.78, 5) is 27.9. The van der Waals surface area contributed by atoms with E-state index < -0.39 is 11.9 Å². The molecule has 0 radical (unpaired) electrons. The van der Waals surface area contributed by atoms with Gasteiger partial charge in [0.1, 0.15) is 5.57 Å². The fourth-order valence-electron chi connectivity index (χ4n) is 2.54. The number of fused-ring (bicyclic) bond motifs is 1. The van der Waals surface area contributed by atoms with E-state index in [0.29, 0.717) is 19.0 Å². The lowest BCUT2D eigenvalue weighted by Gasteiger charge is -2.20. The van der Waals surface area contributed by atoms with Crippen molar-refractivity contribution in [2.75, 3.05) is 24.6 Å². The monoisotopic (exact) mass is 314 g/mol. The standard InChI is InChI=1S/C16H18N4O3/c1-3-23-15(22)13-10-17-18-16-19(8-9-20(16)14(13)21)12-6-4-11(2)5-7-12/h4-7,10,17H,3,8-9H2,1-2H3. The van der Waals surface area contributed by atoms with E-state index in [-0.39, 0.29) is 12.2 Å². The zero-order chi connectivity index (χ0) is 16.4. The maximum atomic E-state index is 12.6. The van der Waals surface area contributed by atoms with Crippen LogP contribution in [0.5, 0.6) is 0 Å².